The molecular formula is C11H9ClN4O. The molecule has 1 heterocycles. The van der Waals surface area contributed by atoms with Gasteiger partial charge in [-0.15, -0.1) is 5.10 Å². The summed E-state index contributed by atoms with van der Waals surface area (Å²) in [6, 6.07) is 7.22. The molecule has 1 aromatic heterocycles. The number of rotatable bonds is 2. The Kier molecular flexibility index (Phi) is 2.98. The van der Waals surface area contributed by atoms with Gasteiger partial charge in [0.2, 0.25) is 0 Å². The first kappa shape index (κ1) is 11.4. The van der Waals surface area contributed by atoms with Crippen LogP contribution < -0.4 is 4.74 Å². The van der Waals surface area contributed by atoms with Gasteiger partial charge in [0.25, 0.3) is 0 Å². The van der Waals surface area contributed by atoms with E-state index < -0.39 is 0 Å². The topological polar surface area (TPSA) is 63.7 Å². The summed E-state index contributed by atoms with van der Waals surface area (Å²) in [6.45, 7) is 1.77. The molecule has 0 atom stereocenters. The van der Waals surface area contributed by atoms with Crippen molar-refractivity contribution < 1.29 is 4.74 Å². The van der Waals surface area contributed by atoms with Crippen LogP contribution in [0.2, 0.25) is 5.02 Å². The molecule has 6 heteroatoms. The van der Waals surface area contributed by atoms with E-state index in [9.17, 15) is 0 Å². The van der Waals surface area contributed by atoms with Crippen LogP contribution in [0.3, 0.4) is 0 Å². The molecular weight excluding hydrogens is 240 g/mol. The lowest BCUT2D eigenvalue weighted by Crippen LogP contribution is -1.99. The zero-order valence-corrected chi connectivity index (χ0v) is 10.1. The fourth-order valence-electron chi connectivity index (χ4n) is 1.46. The molecule has 0 bridgehead atoms. The molecule has 0 amide bonds. The fourth-order valence-corrected chi connectivity index (χ4v) is 1.72. The zero-order valence-electron chi connectivity index (χ0n) is 9.31. The van der Waals surface area contributed by atoms with Gasteiger partial charge in [-0.1, -0.05) is 16.8 Å². The second-order valence-corrected chi connectivity index (χ2v) is 3.77. The number of aromatic nitrogens is 3. The molecule has 2 aromatic rings. The van der Waals surface area contributed by atoms with Gasteiger partial charge in [0, 0.05) is 0 Å². The molecule has 0 spiro atoms. The third kappa shape index (κ3) is 1.95. The molecule has 0 N–H and O–H groups in total. The average Bonchev–Trinajstić information content (AvgIpc) is 2.70. The first-order valence-electron chi connectivity index (χ1n) is 4.83. The van der Waals surface area contributed by atoms with Gasteiger partial charge >= 0.3 is 0 Å². The number of benzene rings is 1. The molecule has 0 aliphatic rings. The van der Waals surface area contributed by atoms with Crippen molar-refractivity contribution in [1.82, 2.24) is 15.0 Å². The van der Waals surface area contributed by atoms with Crippen molar-refractivity contribution in [3.63, 3.8) is 0 Å². The number of methoxy groups -OCH3 is 1. The monoisotopic (exact) mass is 248 g/mol. The van der Waals surface area contributed by atoms with Crippen molar-refractivity contribution in [2.45, 2.75) is 6.92 Å². The van der Waals surface area contributed by atoms with Gasteiger partial charge in [0.1, 0.15) is 11.8 Å². The molecule has 0 radical (unpaired) electrons. The number of nitriles is 1. The lowest BCUT2D eigenvalue weighted by atomic mass is 10.3. The van der Waals surface area contributed by atoms with Crippen molar-refractivity contribution in [1.29, 1.82) is 5.26 Å². The first-order valence-corrected chi connectivity index (χ1v) is 5.21. The highest BCUT2D eigenvalue weighted by atomic mass is 35.5. The van der Waals surface area contributed by atoms with Crippen LogP contribution in [0.1, 0.15) is 11.4 Å². The van der Waals surface area contributed by atoms with Crippen LogP contribution in [-0.4, -0.2) is 22.1 Å². The van der Waals surface area contributed by atoms with Gasteiger partial charge in [0.05, 0.1) is 23.5 Å². The number of ether oxygens (including phenoxy) is 1. The van der Waals surface area contributed by atoms with Crippen molar-refractivity contribution in [3.8, 4) is 17.5 Å². The molecule has 0 saturated carbocycles. The van der Waals surface area contributed by atoms with Crippen LogP contribution in [0.4, 0.5) is 0 Å². The lowest BCUT2D eigenvalue weighted by molar-refractivity contribution is 0.415. The minimum atomic E-state index is 0.303. The SMILES string of the molecule is COc1ccc(-n2nnc(C#N)c2C)cc1Cl. The molecule has 0 fully saturated rings. The van der Waals surface area contributed by atoms with E-state index in [2.05, 4.69) is 10.3 Å². The lowest BCUT2D eigenvalue weighted by Gasteiger charge is -2.06. The normalized spacial score (nSPS) is 10.0. The predicted molar refractivity (Wildman–Crippen MR) is 62.4 cm³/mol. The van der Waals surface area contributed by atoms with E-state index in [1.54, 1.807) is 36.9 Å². The van der Waals surface area contributed by atoms with Crippen LogP contribution in [0.5, 0.6) is 5.75 Å². The molecule has 86 valence electrons. The van der Waals surface area contributed by atoms with Gasteiger partial charge in [-0.05, 0) is 25.1 Å². The molecule has 0 aliphatic carbocycles. The van der Waals surface area contributed by atoms with E-state index in [0.717, 1.165) is 5.69 Å². The molecule has 17 heavy (non-hydrogen) atoms. The summed E-state index contributed by atoms with van der Waals surface area (Å²) in [7, 11) is 1.55. The summed E-state index contributed by atoms with van der Waals surface area (Å²) in [5.41, 5.74) is 1.72. The molecule has 5 nitrogen and oxygen atoms in total. The number of hydrogen-bond acceptors (Lipinski definition) is 4. The second-order valence-electron chi connectivity index (χ2n) is 3.37. The summed E-state index contributed by atoms with van der Waals surface area (Å²) in [6.07, 6.45) is 0. The maximum atomic E-state index is 8.80. The number of nitrogens with zero attached hydrogens (tertiary/aromatic N) is 4. The third-order valence-electron chi connectivity index (χ3n) is 2.38. The number of halogens is 1. The van der Waals surface area contributed by atoms with Crippen LogP contribution in [0.25, 0.3) is 5.69 Å². The van der Waals surface area contributed by atoms with Crippen molar-refractivity contribution in [3.05, 3.63) is 34.6 Å². The summed E-state index contributed by atoms with van der Waals surface area (Å²) >= 11 is 6.02. The highest BCUT2D eigenvalue weighted by molar-refractivity contribution is 6.32. The Balaban J connectivity index is 2.51. The van der Waals surface area contributed by atoms with Crippen LogP contribution in [0, 0.1) is 18.3 Å². The second kappa shape index (κ2) is 4.44. The standard InChI is InChI=1S/C11H9ClN4O/c1-7-10(6-13)14-15-16(7)8-3-4-11(17-2)9(12)5-8/h3-5H,1-2H3. The fraction of sp³-hybridized carbons (Fsp3) is 0.182. The van der Waals surface area contributed by atoms with E-state index in [1.807, 2.05) is 6.07 Å². The average molecular weight is 249 g/mol. The highest BCUT2D eigenvalue weighted by Gasteiger charge is 2.10. The molecule has 2 rings (SSSR count). The Hall–Kier alpha value is -2.06. The van der Waals surface area contributed by atoms with Crippen LogP contribution in [0.15, 0.2) is 18.2 Å². The molecule has 0 aliphatic heterocycles. The van der Waals surface area contributed by atoms with E-state index in [4.69, 9.17) is 21.6 Å². The summed E-state index contributed by atoms with van der Waals surface area (Å²) in [4.78, 5) is 0. The molecule has 1 aromatic carbocycles. The molecule has 0 saturated heterocycles. The Morgan fingerprint density at radius 2 is 2.24 bits per heavy atom. The van der Waals surface area contributed by atoms with E-state index >= 15 is 0 Å². The Labute approximate surface area is 103 Å². The Morgan fingerprint density at radius 3 is 2.76 bits per heavy atom. The van der Waals surface area contributed by atoms with E-state index in [1.165, 1.54) is 0 Å². The van der Waals surface area contributed by atoms with Crippen LogP contribution in [-0.2, 0) is 0 Å². The smallest absolute Gasteiger partial charge is 0.186 e. The quantitative estimate of drug-likeness (QED) is 0.817. The van der Waals surface area contributed by atoms with Gasteiger partial charge in [0.15, 0.2) is 5.69 Å². The van der Waals surface area contributed by atoms with Crippen molar-refractivity contribution in [2.24, 2.45) is 0 Å². The third-order valence-corrected chi connectivity index (χ3v) is 2.68. The summed E-state index contributed by atoms with van der Waals surface area (Å²) < 4.78 is 6.62. The van der Waals surface area contributed by atoms with Gasteiger partial charge in [-0.3, -0.25) is 0 Å². The maximum Gasteiger partial charge on any atom is 0.186 e. The van der Waals surface area contributed by atoms with E-state index in [-0.39, 0.29) is 0 Å². The minimum absolute atomic E-state index is 0.303. The van der Waals surface area contributed by atoms with Crippen molar-refractivity contribution >= 4 is 11.6 Å². The minimum Gasteiger partial charge on any atom is -0.495 e. The van der Waals surface area contributed by atoms with Crippen molar-refractivity contribution in [2.75, 3.05) is 7.11 Å². The van der Waals surface area contributed by atoms with Gasteiger partial charge in [-0.25, -0.2) is 4.68 Å². The summed E-state index contributed by atoms with van der Waals surface area (Å²) in [5, 5.41) is 16.9. The Morgan fingerprint density at radius 1 is 1.47 bits per heavy atom. The highest BCUT2D eigenvalue weighted by Crippen LogP contribution is 2.26. The van der Waals surface area contributed by atoms with Gasteiger partial charge < -0.3 is 4.74 Å². The first-order chi connectivity index (χ1) is 8.17. The van der Waals surface area contributed by atoms with Crippen LogP contribution >= 0.6 is 11.6 Å². The number of hydrogen-bond donors (Lipinski definition) is 0. The molecule has 0 unspecified atom stereocenters. The summed E-state index contributed by atoms with van der Waals surface area (Å²) in [5.74, 6) is 0.591. The zero-order chi connectivity index (χ0) is 12.4. The largest absolute Gasteiger partial charge is 0.495 e. The van der Waals surface area contributed by atoms with Gasteiger partial charge in [-0.2, -0.15) is 5.26 Å². The van der Waals surface area contributed by atoms with E-state index in [0.29, 0.717) is 22.2 Å². The maximum absolute atomic E-state index is 8.80. The predicted octanol–water partition coefficient (Wildman–Crippen LogP) is 2.11. The Bertz CT molecular complexity index is 600.